The van der Waals surface area contributed by atoms with E-state index < -0.39 is 17.5 Å². The first-order valence-electron chi connectivity index (χ1n) is 6.04. The van der Waals surface area contributed by atoms with Crippen LogP contribution in [0, 0.1) is 23.4 Å². The van der Waals surface area contributed by atoms with Gasteiger partial charge in [-0.25, -0.2) is 13.2 Å². The van der Waals surface area contributed by atoms with E-state index in [4.69, 9.17) is 0 Å². The molecular weight excluding hydrogens is 259 g/mol. The first kappa shape index (κ1) is 13.7. The Morgan fingerprint density at radius 1 is 1.22 bits per heavy atom. The van der Waals surface area contributed by atoms with Gasteiger partial charge in [0, 0.05) is 0 Å². The van der Waals surface area contributed by atoms with Crippen LogP contribution in [0.25, 0.3) is 0 Å². The SMILES string of the molecule is CSc1c(F)cc(CC2CCNCC2)c(F)c1F. The van der Waals surface area contributed by atoms with Crippen LogP contribution in [-0.4, -0.2) is 19.3 Å². The molecule has 5 heteroatoms. The van der Waals surface area contributed by atoms with Crippen molar-refractivity contribution in [3.63, 3.8) is 0 Å². The molecule has 0 atom stereocenters. The lowest BCUT2D eigenvalue weighted by atomic mass is 9.91. The zero-order valence-electron chi connectivity index (χ0n) is 10.2. The third-order valence-electron chi connectivity index (χ3n) is 3.36. The summed E-state index contributed by atoms with van der Waals surface area (Å²) in [6, 6.07) is 1.15. The molecule has 18 heavy (non-hydrogen) atoms. The minimum Gasteiger partial charge on any atom is -0.317 e. The van der Waals surface area contributed by atoms with Gasteiger partial charge in [-0.05, 0) is 56.2 Å². The number of nitrogens with one attached hydrogen (secondary N) is 1. The molecule has 0 unspecified atom stereocenters. The number of hydrogen-bond donors (Lipinski definition) is 1. The first-order valence-corrected chi connectivity index (χ1v) is 7.27. The zero-order valence-corrected chi connectivity index (χ0v) is 11.0. The topological polar surface area (TPSA) is 12.0 Å². The van der Waals surface area contributed by atoms with Crippen LogP contribution in [0.3, 0.4) is 0 Å². The molecule has 1 saturated heterocycles. The normalized spacial score (nSPS) is 17.1. The van der Waals surface area contributed by atoms with Gasteiger partial charge in [0.2, 0.25) is 0 Å². The first-order chi connectivity index (χ1) is 8.63. The van der Waals surface area contributed by atoms with Gasteiger partial charge in [0.05, 0.1) is 4.90 Å². The van der Waals surface area contributed by atoms with Gasteiger partial charge >= 0.3 is 0 Å². The highest BCUT2D eigenvalue weighted by Crippen LogP contribution is 2.29. The van der Waals surface area contributed by atoms with Crippen molar-refractivity contribution in [2.75, 3.05) is 19.3 Å². The summed E-state index contributed by atoms with van der Waals surface area (Å²) < 4.78 is 41.0. The van der Waals surface area contributed by atoms with Gasteiger partial charge in [0.25, 0.3) is 0 Å². The highest BCUT2D eigenvalue weighted by molar-refractivity contribution is 7.98. The van der Waals surface area contributed by atoms with Crippen molar-refractivity contribution in [3.05, 3.63) is 29.1 Å². The summed E-state index contributed by atoms with van der Waals surface area (Å²) in [6.45, 7) is 1.78. The van der Waals surface area contributed by atoms with Crippen molar-refractivity contribution in [3.8, 4) is 0 Å². The van der Waals surface area contributed by atoms with Crippen molar-refractivity contribution in [2.24, 2.45) is 5.92 Å². The second-order valence-corrected chi connectivity index (χ2v) is 5.39. The highest BCUT2D eigenvalue weighted by atomic mass is 32.2. The maximum Gasteiger partial charge on any atom is 0.175 e. The fraction of sp³-hybridized carbons (Fsp3) is 0.538. The molecule has 0 radical (unpaired) electrons. The molecule has 0 aromatic heterocycles. The maximum atomic E-state index is 13.8. The molecule has 1 aromatic rings. The van der Waals surface area contributed by atoms with Crippen LogP contribution in [0.2, 0.25) is 0 Å². The number of rotatable bonds is 3. The second-order valence-electron chi connectivity index (χ2n) is 4.58. The van der Waals surface area contributed by atoms with E-state index in [9.17, 15) is 13.2 Å². The molecular formula is C13H16F3NS. The van der Waals surface area contributed by atoms with E-state index >= 15 is 0 Å². The van der Waals surface area contributed by atoms with Crippen LogP contribution in [-0.2, 0) is 6.42 Å². The lowest BCUT2D eigenvalue weighted by molar-refractivity contribution is 0.363. The number of halogens is 3. The van der Waals surface area contributed by atoms with Crippen LogP contribution < -0.4 is 5.32 Å². The molecule has 0 aliphatic carbocycles. The Hall–Kier alpha value is -0.680. The van der Waals surface area contributed by atoms with Gasteiger partial charge in [0.1, 0.15) is 5.82 Å². The Labute approximate surface area is 109 Å². The number of thioether (sulfide) groups is 1. The predicted octanol–water partition coefficient (Wildman–Crippen LogP) is 3.37. The van der Waals surface area contributed by atoms with Gasteiger partial charge in [-0.2, -0.15) is 0 Å². The number of piperidine rings is 1. The Balaban J connectivity index is 2.22. The molecule has 2 rings (SSSR count). The van der Waals surface area contributed by atoms with E-state index in [2.05, 4.69) is 5.32 Å². The average Bonchev–Trinajstić information content (AvgIpc) is 2.37. The third-order valence-corrected chi connectivity index (χ3v) is 4.15. The van der Waals surface area contributed by atoms with Crippen molar-refractivity contribution in [2.45, 2.75) is 24.2 Å². The van der Waals surface area contributed by atoms with Crippen molar-refractivity contribution in [1.82, 2.24) is 5.32 Å². The van der Waals surface area contributed by atoms with Gasteiger partial charge < -0.3 is 5.32 Å². The quantitative estimate of drug-likeness (QED) is 0.670. The van der Waals surface area contributed by atoms with E-state index in [1.807, 2.05) is 0 Å². The molecule has 1 heterocycles. The smallest absolute Gasteiger partial charge is 0.175 e. The van der Waals surface area contributed by atoms with Crippen molar-refractivity contribution in [1.29, 1.82) is 0 Å². The summed E-state index contributed by atoms with van der Waals surface area (Å²) in [5, 5.41) is 3.21. The summed E-state index contributed by atoms with van der Waals surface area (Å²) in [4.78, 5) is -0.235. The number of benzene rings is 1. The van der Waals surface area contributed by atoms with Crippen LogP contribution in [0.15, 0.2) is 11.0 Å². The van der Waals surface area contributed by atoms with Crippen LogP contribution in [0.1, 0.15) is 18.4 Å². The lowest BCUT2D eigenvalue weighted by Gasteiger charge is -2.23. The molecule has 1 N–H and O–H groups in total. The van der Waals surface area contributed by atoms with Crippen LogP contribution >= 0.6 is 11.8 Å². The van der Waals surface area contributed by atoms with Gasteiger partial charge in [-0.1, -0.05) is 0 Å². The van der Waals surface area contributed by atoms with E-state index in [0.29, 0.717) is 12.3 Å². The summed E-state index contributed by atoms with van der Waals surface area (Å²) in [5.41, 5.74) is 0.162. The monoisotopic (exact) mass is 275 g/mol. The van der Waals surface area contributed by atoms with E-state index in [-0.39, 0.29) is 10.5 Å². The fourth-order valence-corrected chi connectivity index (χ4v) is 2.88. The van der Waals surface area contributed by atoms with Gasteiger partial charge in [-0.3, -0.25) is 0 Å². The summed E-state index contributed by atoms with van der Waals surface area (Å²) in [5.74, 6) is -2.30. The predicted molar refractivity (Wildman–Crippen MR) is 67.4 cm³/mol. The average molecular weight is 275 g/mol. The van der Waals surface area contributed by atoms with Crippen LogP contribution in [0.5, 0.6) is 0 Å². The molecule has 1 nitrogen and oxygen atoms in total. The van der Waals surface area contributed by atoms with Crippen molar-refractivity contribution < 1.29 is 13.2 Å². The largest absolute Gasteiger partial charge is 0.317 e. The van der Waals surface area contributed by atoms with E-state index in [1.165, 1.54) is 6.26 Å². The van der Waals surface area contributed by atoms with Crippen LogP contribution in [0.4, 0.5) is 13.2 Å². The summed E-state index contributed by atoms with van der Waals surface area (Å²) in [6.07, 6.45) is 3.79. The third kappa shape index (κ3) is 2.83. The fourth-order valence-electron chi connectivity index (χ4n) is 2.36. The number of hydrogen-bond acceptors (Lipinski definition) is 2. The Morgan fingerprint density at radius 3 is 2.50 bits per heavy atom. The second kappa shape index (κ2) is 5.97. The molecule has 1 aliphatic heterocycles. The molecule has 0 bridgehead atoms. The minimum atomic E-state index is -1.05. The summed E-state index contributed by atoms with van der Waals surface area (Å²) in [7, 11) is 0. The standard InChI is InChI=1S/C13H16F3NS/c1-18-13-10(14)7-9(11(15)12(13)16)6-8-2-4-17-5-3-8/h7-8,17H,2-6H2,1H3. The highest BCUT2D eigenvalue weighted by Gasteiger charge is 2.21. The van der Waals surface area contributed by atoms with Gasteiger partial charge in [-0.15, -0.1) is 11.8 Å². The molecule has 1 fully saturated rings. The molecule has 0 amide bonds. The molecule has 0 spiro atoms. The lowest BCUT2D eigenvalue weighted by Crippen LogP contribution is -2.28. The van der Waals surface area contributed by atoms with Gasteiger partial charge in [0.15, 0.2) is 11.6 Å². The van der Waals surface area contributed by atoms with E-state index in [0.717, 1.165) is 43.8 Å². The van der Waals surface area contributed by atoms with E-state index in [1.54, 1.807) is 0 Å². The Morgan fingerprint density at radius 2 is 1.89 bits per heavy atom. The molecule has 1 aromatic carbocycles. The molecule has 100 valence electrons. The Bertz CT molecular complexity index is 431. The zero-order chi connectivity index (χ0) is 13.1. The molecule has 1 aliphatic rings. The van der Waals surface area contributed by atoms with Crippen molar-refractivity contribution >= 4 is 11.8 Å². The minimum absolute atomic E-state index is 0.162. The summed E-state index contributed by atoms with van der Waals surface area (Å²) >= 11 is 0.891. The Kier molecular flexibility index (Phi) is 4.56. The molecule has 0 saturated carbocycles. The maximum absolute atomic E-state index is 13.8.